The van der Waals surface area contributed by atoms with Crippen LogP contribution < -0.4 is 0 Å². The lowest BCUT2D eigenvalue weighted by atomic mass is 10.1. The van der Waals surface area contributed by atoms with Crippen LogP contribution in [0.2, 0.25) is 0 Å². The number of aromatic carboxylic acids is 1. The van der Waals surface area contributed by atoms with Gasteiger partial charge in [-0.1, -0.05) is 5.16 Å². The highest BCUT2D eigenvalue weighted by atomic mass is 16.5. The Labute approximate surface area is 91.7 Å². The zero-order chi connectivity index (χ0) is 11.7. The second-order valence-corrected chi connectivity index (χ2v) is 3.40. The Morgan fingerprint density at radius 2 is 2.19 bits per heavy atom. The molecule has 2 rings (SSSR count). The molecule has 2 heterocycles. The number of aryl methyl sites for hydroxylation is 2. The molecule has 2 aromatic heterocycles. The Bertz CT molecular complexity index is 546. The second kappa shape index (κ2) is 3.77. The summed E-state index contributed by atoms with van der Waals surface area (Å²) in [6.07, 6.45) is 1.65. The highest BCUT2D eigenvalue weighted by Gasteiger charge is 2.21. The minimum absolute atomic E-state index is 0.0936. The predicted octanol–water partition coefficient (Wildman–Crippen LogP) is 2.05. The van der Waals surface area contributed by atoms with Crippen molar-refractivity contribution >= 4 is 5.97 Å². The van der Waals surface area contributed by atoms with Crippen LogP contribution in [0.1, 0.15) is 21.8 Å². The Balaban J connectivity index is 2.66. The van der Waals surface area contributed by atoms with Crippen molar-refractivity contribution in [1.82, 2.24) is 10.1 Å². The maximum atomic E-state index is 11.1. The van der Waals surface area contributed by atoms with Crippen LogP contribution in [-0.2, 0) is 0 Å². The van der Waals surface area contributed by atoms with Crippen LogP contribution in [0, 0.1) is 13.8 Å². The third-order valence-corrected chi connectivity index (χ3v) is 2.34. The number of hydrogen-bond donors (Lipinski definition) is 1. The summed E-state index contributed by atoms with van der Waals surface area (Å²) in [5.74, 6) is -0.747. The van der Waals surface area contributed by atoms with Gasteiger partial charge in [-0.2, -0.15) is 0 Å². The molecule has 0 amide bonds. The van der Waals surface area contributed by atoms with Crippen LogP contribution in [0.25, 0.3) is 11.3 Å². The number of carbonyl (C=O) groups is 1. The van der Waals surface area contributed by atoms with E-state index in [0.717, 1.165) is 5.69 Å². The number of rotatable bonds is 2. The second-order valence-electron chi connectivity index (χ2n) is 3.40. The minimum atomic E-state index is -1.04. The topological polar surface area (TPSA) is 76.2 Å². The Morgan fingerprint density at radius 1 is 1.44 bits per heavy atom. The van der Waals surface area contributed by atoms with E-state index in [4.69, 9.17) is 9.63 Å². The Kier molecular flexibility index (Phi) is 2.44. The molecule has 0 spiro atoms. The van der Waals surface area contributed by atoms with Gasteiger partial charge in [-0.25, -0.2) is 4.79 Å². The van der Waals surface area contributed by atoms with Crippen LogP contribution in [0.4, 0.5) is 0 Å². The predicted molar refractivity (Wildman–Crippen MR) is 56.2 cm³/mol. The average molecular weight is 218 g/mol. The van der Waals surface area contributed by atoms with Crippen molar-refractivity contribution in [2.24, 2.45) is 0 Å². The van der Waals surface area contributed by atoms with E-state index >= 15 is 0 Å². The summed E-state index contributed by atoms with van der Waals surface area (Å²) in [6, 6.07) is 3.50. The van der Waals surface area contributed by atoms with Crippen molar-refractivity contribution in [3.8, 4) is 11.3 Å². The molecule has 0 saturated carbocycles. The van der Waals surface area contributed by atoms with E-state index < -0.39 is 5.97 Å². The van der Waals surface area contributed by atoms with E-state index in [1.165, 1.54) is 0 Å². The fourth-order valence-electron chi connectivity index (χ4n) is 1.54. The maximum Gasteiger partial charge on any atom is 0.341 e. The Morgan fingerprint density at radius 3 is 2.81 bits per heavy atom. The largest absolute Gasteiger partial charge is 0.477 e. The summed E-state index contributed by atoms with van der Waals surface area (Å²) < 4.78 is 4.91. The molecule has 16 heavy (non-hydrogen) atoms. The first-order chi connectivity index (χ1) is 7.61. The lowest BCUT2D eigenvalue weighted by Gasteiger charge is -2.01. The molecule has 0 saturated heterocycles. The number of aromatic nitrogens is 2. The van der Waals surface area contributed by atoms with Crippen molar-refractivity contribution in [3.63, 3.8) is 0 Å². The van der Waals surface area contributed by atoms with Gasteiger partial charge in [-0.15, -0.1) is 0 Å². The Hall–Kier alpha value is -2.17. The van der Waals surface area contributed by atoms with Crippen LogP contribution in [0.5, 0.6) is 0 Å². The molecule has 5 heteroatoms. The molecule has 82 valence electrons. The first-order valence-electron chi connectivity index (χ1n) is 4.73. The monoisotopic (exact) mass is 218 g/mol. The van der Waals surface area contributed by atoms with Crippen LogP contribution in [0.3, 0.4) is 0 Å². The van der Waals surface area contributed by atoms with Gasteiger partial charge in [0.25, 0.3) is 0 Å². The smallest absolute Gasteiger partial charge is 0.341 e. The van der Waals surface area contributed by atoms with Gasteiger partial charge in [0.1, 0.15) is 17.0 Å². The molecular formula is C11H10N2O3. The van der Waals surface area contributed by atoms with Crippen molar-refractivity contribution in [3.05, 3.63) is 35.3 Å². The molecule has 0 radical (unpaired) electrons. The zero-order valence-electron chi connectivity index (χ0n) is 8.89. The molecule has 0 aliphatic heterocycles. The first kappa shape index (κ1) is 10.4. The average Bonchev–Trinajstić information content (AvgIpc) is 2.61. The number of nitrogens with zero attached hydrogens (tertiary/aromatic N) is 2. The number of hydrogen-bond acceptors (Lipinski definition) is 4. The summed E-state index contributed by atoms with van der Waals surface area (Å²) in [4.78, 5) is 15.2. The van der Waals surface area contributed by atoms with Gasteiger partial charge in [0.05, 0.1) is 0 Å². The van der Waals surface area contributed by atoms with E-state index in [9.17, 15) is 4.79 Å². The van der Waals surface area contributed by atoms with Crippen molar-refractivity contribution in [2.45, 2.75) is 13.8 Å². The van der Waals surface area contributed by atoms with E-state index in [2.05, 4.69) is 10.1 Å². The molecule has 2 aromatic rings. The summed E-state index contributed by atoms with van der Waals surface area (Å²) >= 11 is 0. The molecule has 0 aliphatic carbocycles. The van der Waals surface area contributed by atoms with Gasteiger partial charge < -0.3 is 9.63 Å². The SMILES string of the molecule is Cc1ncccc1-c1noc(C)c1C(=O)O. The van der Waals surface area contributed by atoms with Gasteiger partial charge in [0.2, 0.25) is 0 Å². The summed E-state index contributed by atoms with van der Waals surface area (Å²) in [6.45, 7) is 3.37. The van der Waals surface area contributed by atoms with Crippen molar-refractivity contribution < 1.29 is 14.4 Å². The van der Waals surface area contributed by atoms with Crippen molar-refractivity contribution in [1.29, 1.82) is 0 Å². The lowest BCUT2D eigenvalue weighted by Crippen LogP contribution is -2.00. The molecule has 0 fully saturated rings. The quantitative estimate of drug-likeness (QED) is 0.834. The molecule has 0 aromatic carbocycles. The normalized spacial score (nSPS) is 10.4. The van der Waals surface area contributed by atoms with Gasteiger partial charge >= 0.3 is 5.97 Å². The molecule has 0 aliphatic rings. The molecule has 1 N–H and O–H groups in total. The van der Waals surface area contributed by atoms with Crippen LogP contribution in [-0.4, -0.2) is 21.2 Å². The van der Waals surface area contributed by atoms with Gasteiger partial charge in [-0.3, -0.25) is 4.98 Å². The summed E-state index contributed by atoms with van der Waals surface area (Å²) in [5, 5.41) is 12.8. The van der Waals surface area contributed by atoms with E-state index in [1.807, 2.05) is 0 Å². The van der Waals surface area contributed by atoms with Crippen LogP contribution >= 0.6 is 0 Å². The van der Waals surface area contributed by atoms with E-state index in [0.29, 0.717) is 17.0 Å². The molecule has 0 atom stereocenters. The number of carboxylic acid groups (broad SMARTS) is 1. The number of pyridine rings is 1. The lowest BCUT2D eigenvalue weighted by molar-refractivity contribution is 0.0696. The third-order valence-electron chi connectivity index (χ3n) is 2.34. The maximum absolute atomic E-state index is 11.1. The highest BCUT2D eigenvalue weighted by molar-refractivity contribution is 5.95. The van der Waals surface area contributed by atoms with Crippen molar-refractivity contribution in [2.75, 3.05) is 0 Å². The molecule has 0 bridgehead atoms. The van der Waals surface area contributed by atoms with Gasteiger partial charge in [-0.05, 0) is 26.0 Å². The summed E-state index contributed by atoms with van der Waals surface area (Å²) in [7, 11) is 0. The zero-order valence-corrected chi connectivity index (χ0v) is 8.89. The standard InChI is InChI=1S/C11H10N2O3/c1-6-8(4-3-5-12-6)10-9(11(14)15)7(2)16-13-10/h3-5H,1-2H3,(H,14,15). The fraction of sp³-hybridized carbons (Fsp3) is 0.182. The molecule has 5 nitrogen and oxygen atoms in total. The first-order valence-corrected chi connectivity index (χ1v) is 4.73. The highest BCUT2D eigenvalue weighted by Crippen LogP contribution is 2.26. The third kappa shape index (κ3) is 1.56. The molecular weight excluding hydrogens is 208 g/mol. The van der Waals surface area contributed by atoms with E-state index in [1.54, 1.807) is 32.2 Å². The van der Waals surface area contributed by atoms with E-state index in [-0.39, 0.29) is 5.56 Å². The molecule has 0 unspecified atom stereocenters. The fourth-order valence-corrected chi connectivity index (χ4v) is 1.54. The summed E-state index contributed by atoms with van der Waals surface area (Å²) in [5.41, 5.74) is 1.82. The van der Waals surface area contributed by atoms with Gasteiger partial charge in [0.15, 0.2) is 0 Å². The minimum Gasteiger partial charge on any atom is -0.477 e. The van der Waals surface area contributed by atoms with Gasteiger partial charge in [0, 0.05) is 17.5 Å². The van der Waals surface area contributed by atoms with Crippen LogP contribution in [0.15, 0.2) is 22.9 Å². The number of carboxylic acids is 1.